The molecule has 0 aliphatic heterocycles. The number of aromatic nitrogens is 2. The second kappa shape index (κ2) is 10.3. The average molecular weight is 444 g/mol. The van der Waals surface area contributed by atoms with Crippen LogP contribution in [0.2, 0.25) is 0 Å². The average Bonchev–Trinajstić information content (AvgIpc) is 2.85. The van der Waals surface area contributed by atoms with Gasteiger partial charge in [-0.1, -0.05) is 30.3 Å². The van der Waals surface area contributed by atoms with E-state index in [-0.39, 0.29) is 6.03 Å². The molecule has 4 rings (SSSR count). The first-order valence-electron chi connectivity index (χ1n) is 10.4. The number of ether oxygens (including phenoxy) is 3. The molecule has 0 unspecified atom stereocenters. The van der Waals surface area contributed by atoms with Gasteiger partial charge in [-0.25, -0.2) is 14.8 Å². The summed E-state index contributed by atoms with van der Waals surface area (Å²) >= 11 is 0. The number of carbonyl (C=O) groups is 1. The number of hydrogen-bond acceptors (Lipinski definition) is 6. The number of urea groups is 1. The maximum absolute atomic E-state index is 12.1. The standard InChI is InChI=1S/C25H24N4O4/c1-31-22-14-20-21(15-23(22)32-2)26-16-27-24(20)33-13-12-17-8-10-19(11-9-17)29-25(30)28-18-6-4-3-5-7-18/h3-11,14-16H,12-13H2,1-2H3,(H2,28,29,30). The molecule has 0 aliphatic carbocycles. The minimum atomic E-state index is -0.292. The van der Waals surface area contributed by atoms with Crippen LogP contribution in [0.25, 0.3) is 10.9 Å². The summed E-state index contributed by atoms with van der Waals surface area (Å²) in [6, 6.07) is 20.2. The molecule has 0 fully saturated rings. The predicted octanol–water partition coefficient (Wildman–Crippen LogP) is 4.91. The van der Waals surface area contributed by atoms with Gasteiger partial charge in [-0.15, -0.1) is 0 Å². The molecule has 1 heterocycles. The maximum Gasteiger partial charge on any atom is 0.323 e. The molecule has 2 N–H and O–H groups in total. The molecule has 2 amide bonds. The van der Waals surface area contributed by atoms with E-state index in [0.29, 0.717) is 41.6 Å². The molecular weight excluding hydrogens is 420 g/mol. The first-order valence-corrected chi connectivity index (χ1v) is 10.4. The highest BCUT2D eigenvalue weighted by molar-refractivity contribution is 5.99. The van der Waals surface area contributed by atoms with Crippen molar-refractivity contribution in [3.63, 3.8) is 0 Å². The molecule has 0 saturated heterocycles. The Labute approximate surface area is 191 Å². The van der Waals surface area contributed by atoms with Gasteiger partial charge in [0, 0.05) is 23.9 Å². The van der Waals surface area contributed by atoms with E-state index in [1.54, 1.807) is 20.3 Å². The Balaban J connectivity index is 1.34. The van der Waals surface area contributed by atoms with Crippen molar-refractivity contribution in [3.8, 4) is 17.4 Å². The Morgan fingerprint density at radius 1 is 0.848 bits per heavy atom. The molecule has 0 bridgehead atoms. The normalized spacial score (nSPS) is 10.5. The van der Waals surface area contributed by atoms with Crippen molar-refractivity contribution in [1.29, 1.82) is 0 Å². The van der Waals surface area contributed by atoms with Crippen LogP contribution in [0.1, 0.15) is 5.56 Å². The molecule has 1 aromatic heterocycles. The van der Waals surface area contributed by atoms with E-state index >= 15 is 0 Å². The van der Waals surface area contributed by atoms with Crippen molar-refractivity contribution in [1.82, 2.24) is 9.97 Å². The molecule has 0 aliphatic rings. The molecule has 3 aromatic carbocycles. The topological polar surface area (TPSA) is 94.6 Å². The van der Waals surface area contributed by atoms with Crippen molar-refractivity contribution in [2.24, 2.45) is 0 Å². The zero-order valence-corrected chi connectivity index (χ0v) is 18.4. The smallest absolute Gasteiger partial charge is 0.323 e. The fraction of sp³-hybridized carbons (Fsp3) is 0.160. The quantitative estimate of drug-likeness (QED) is 0.401. The largest absolute Gasteiger partial charge is 0.493 e. The number of benzene rings is 3. The van der Waals surface area contributed by atoms with Crippen LogP contribution in [-0.4, -0.2) is 36.8 Å². The number of fused-ring (bicyclic) bond motifs is 1. The summed E-state index contributed by atoms with van der Waals surface area (Å²) < 4.78 is 16.6. The van der Waals surface area contributed by atoms with Gasteiger partial charge in [0.15, 0.2) is 11.5 Å². The first-order chi connectivity index (χ1) is 16.2. The van der Waals surface area contributed by atoms with Crippen molar-refractivity contribution >= 4 is 28.3 Å². The number of hydrogen-bond donors (Lipinski definition) is 2. The van der Waals surface area contributed by atoms with Gasteiger partial charge in [0.25, 0.3) is 0 Å². The first kappa shape index (κ1) is 21.9. The van der Waals surface area contributed by atoms with Crippen LogP contribution >= 0.6 is 0 Å². The molecular formula is C25H24N4O4. The second-order valence-electron chi connectivity index (χ2n) is 7.14. The molecule has 33 heavy (non-hydrogen) atoms. The van der Waals surface area contributed by atoms with Crippen LogP contribution in [0.5, 0.6) is 17.4 Å². The van der Waals surface area contributed by atoms with E-state index in [9.17, 15) is 4.79 Å². The molecule has 0 spiro atoms. The number of rotatable bonds is 8. The Hall–Kier alpha value is -4.33. The molecule has 0 saturated carbocycles. The van der Waals surface area contributed by atoms with Crippen LogP contribution in [0, 0.1) is 0 Å². The predicted molar refractivity (Wildman–Crippen MR) is 127 cm³/mol. The minimum absolute atomic E-state index is 0.292. The molecule has 8 nitrogen and oxygen atoms in total. The highest BCUT2D eigenvalue weighted by Crippen LogP contribution is 2.34. The van der Waals surface area contributed by atoms with Crippen LogP contribution < -0.4 is 24.8 Å². The third-order valence-corrected chi connectivity index (χ3v) is 4.98. The van der Waals surface area contributed by atoms with Crippen molar-refractivity contribution in [3.05, 3.63) is 78.6 Å². The fourth-order valence-corrected chi connectivity index (χ4v) is 3.31. The minimum Gasteiger partial charge on any atom is -0.493 e. The van der Waals surface area contributed by atoms with Gasteiger partial charge < -0.3 is 24.8 Å². The number of nitrogens with zero attached hydrogens (tertiary/aromatic N) is 2. The van der Waals surface area contributed by atoms with Gasteiger partial charge in [-0.05, 0) is 35.9 Å². The fourth-order valence-electron chi connectivity index (χ4n) is 3.31. The third kappa shape index (κ3) is 5.48. The summed E-state index contributed by atoms with van der Waals surface area (Å²) in [4.78, 5) is 20.7. The number of nitrogens with one attached hydrogen (secondary N) is 2. The summed E-state index contributed by atoms with van der Waals surface area (Å²) in [5, 5.41) is 6.36. The van der Waals surface area contributed by atoms with Gasteiger partial charge in [0.1, 0.15) is 6.33 Å². The Morgan fingerprint density at radius 2 is 1.52 bits per heavy atom. The zero-order chi connectivity index (χ0) is 23.0. The van der Waals surface area contributed by atoms with E-state index in [4.69, 9.17) is 14.2 Å². The Morgan fingerprint density at radius 3 is 2.21 bits per heavy atom. The Kier molecular flexibility index (Phi) is 6.84. The number of para-hydroxylation sites is 1. The van der Waals surface area contributed by atoms with E-state index < -0.39 is 0 Å². The van der Waals surface area contributed by atoms with Gasteiger partial charge in [-0.2, -0.15) is 0 Å². The number of amides is 2. The summed E-state index contributed by atoms with van der Waals surface area (Å²) in [5.41, 5.74) is 3.22. The third-order valence-electron chi connectivity index (χ3n) is 4.98. The van der Waals surface area contributed by atoms with Crippen LogP contribution in [0.15, 0.2) is 73.1 Å². The summed E-state index contributed by atoms with van der Waals surface area (Å²) in [6.45, 7) is 0.432. The van der Waals surface area contributed by atoms with E-state index in [1.165, 1.54) is 6.33 Å². The highest BCUT2D eigenvalue weighted by atomic mass is 16.5. The van der Waals surface area contributed by atoms with Gasteiger partial charge in [-0.3, -0.25) is 0 Å². The number of methoxy groups -OCH3 is 2. The summed E-state index contributed by atoms with van der Waals surface area (Å²) in [5.74, 6) is 1.67. The lowest BCUT2D eigenvalue weighted by atomic mass is 10.1. The Bertz CT molecular complexity index is 1230. The van der Waals surface area contributed by atoms with E-state index in [0.717, 1.165) is 16.6 Å². The van der Waals surface area contributed by atoms with Crippen molar-refractivity contribution < 1.29 is 19.0 Å². The lowest BCUT2D eigenvalue weighted by Gasteiger charge is -2.12. The second-order valence-corrected chi connectivity index (χ2v) is 7.14. The summed E-state index contributed by atoms with van der Waals surface area (Å²) in [7, 11) is 3.16. The van der Waals surface area contributed by atoms with E-state index in [1.807, 2.05) is 60.7 Å². The monoisotopic (exact) mass is 444 g/mol. The highest BCUT2D eigenvalue weighted by Gasteiger charge is 2.12. The lowest BCUT2D eigenvalue weighted by Crippen LogP contribution is -2.19. The number of anilines is 2. The summed E-state index contributed by atoms with van der Waals surface area (Å²) in [6.07, 6.45) is 2.14. The number of carbonyl (C=O) groups excluding carboxylic acids is 1. The molecule has 4 aromatic rings. The lowest BCUT2D eigenvalue weighted by molar-refractivity contribution is 0.262. The van der Waals surface area contributed by atoms with Crippen LogP contribution in [0.3, 0.4) is 0 Å². The van der Waals surface area contributed by atoms with Crippen molar-refractivity contribution in [2.75, 3.05) is 31.5 Å². The van der Waals surface area contributed by atoms with Gasteiger partial charge >= 0.3 is 6.03 Å². The SMILES string of the molecule is COc1cc2ncnc(OCCc3ccc(NC(=O)Nc4ccccc4)cc3)c2cc1OC. The molecule has 0 atom stereocenters. The van der Waals surface area contributed by atoms with Gasteiger partial charge in [0.2, 0.25) is 5.88 Å². The molecule has 168 valence electrons. The molecule has 8 heteroatoms. The maximum atomic E-state index is 12.1. The van der Waals surface area contributed by atoms with Crippen LogP contribution in [0.4, 0.5) is 16.2 Å². The van der Waals surface area contributed by atoms with E-state index in [2.05, 4.69) is 20.6 Å². The zero-order valence-electron chi connectivity index (χ0n) is 18.4. The van der Waals surface area contributed by atoms with Crippen LogP contribution in [-0.2, 0) is 6.42 Å². The van der Waals surface area contributed by atoms with Crippen molar-refractivity contribution in [2.45, 2.75) is 6.42 Å². The molecule has 0 radical (unpaired) electrons. The van der Waals surface area contributed by atoms with Gasteiger partial charge in [0.05, 0.1) is 31.7 Å².